The Morgan fingerprint density at radius 2 is 1.59 bits per heavy atom. The molecular formula is C42H51N9O12. The maximum Gasteiger partial charge on any atom is 0.326 e. The summed E-state index contributed by atoms with van der Waals surface area (Å²) in [6.07, 6.45) is 0.415. The average Bonchev–Trinajstić information content (AvgIpc) is 4.01. The predicted molar refractivity (Wildman–Crippen MR) is 221 cm³/mol. The van der Waals surface area contributed by atoms with Gasteiger partial charge in [-0.3, -0.25) is 38.4 Å². The number of carboxylic acid groups (broad SMARTS) is 1. The van der Waals surface area contributed by atoms with Gasteiger partial charge in [0.1, 0.15) is 42.0 Å². The first kappa shape index (κ1) is 45.5. The summed E-state index contributed by atoms with van der Waals surface area (Å²) < 4.78 is 1.36. The highest BCUT2D eigenvalue weighted by molar-refractivity contribution is 5.99. The number of carbonyl (C=O) groups excluding carboxylic acids is 8. The molecule has 0 unspecified atom stereocenters. The van der Waals surface area contributed by atoms with Crippen molar-refractivity contribution < 1.29 is 58.5 Å². The standard InChI is InChI=1S/C42H51N9O12/c1-21(2)34-39(59)43-18-33(55)45-29(20-52)37(57)47-28(42(62)63)17-23-19-51(30-7-4-3-6-25(23)30)35(40(60)48-34)49-36(56)27(16-22-9-11-24(53)12-10-22)46-38(58)31-8-5-15-50(31)41(61)26-13-14-32(54)44-26/h3-4,6-7,9-12,19,21,26-29,31,34-35,52-53H,5,8,13-18,20H2,1-2H3,(H,43,59)(H,44,54)(H,45,55)(H,46,58)(H,47,57)(H,48,60)(H,49,56)(H,62,63)/t26-,27-,28-,29-,31-,34-,35-/m0/s1. The van der Waals surface area contributed by atoms with E-state index >= 15 is 0 Å². The summed E-state index contributed by atoms with van der Waals surface area (Å²) in [6.45, 7) is 1.92. The van der Waals surface area contributed by atoms with Crippen LogP contribution in [0.25, 0.3) is 10.9 Å². The second-order valence-corrected chi connectivity index (χ2v) is 16.1. The number of aliphatic hydroxyl groups is 1. The molecule has 3 aliphatic rings. The molecule has 1 aromatic heterocycles. The van der Waals surface area contributed by atoms with Crippen LogP contribution in [0, 0.1) is 5.92 Å². The molecule has 3 aliphatic heterocycles. The van der Waals surface area contributed by atoms with Crippen LogP contribution in [0.4, 0.5) is 0 Å². The van der Waals surface area contributed by atoms with Gasteiger partial charge >= 0.3 is 5.97 Å². The number of para-hydroxylation sites is 1. The fourth-order valence-electron chi connectivity index (χ4n) is 7.97. The minimum Gasteiger partial charge on any atom is -0.508 e. The van der Waals surface area contributed by atoms with E-state index in [1.165, 1.54) is 39.9 Å². The fourth-order valence-corrected chi connectivity index (χ4v) is 7.97. The SMILES string of the molecule is CC(C)[C@@H]1NC(=O)[C@@H](NC(=O)[C@H](Cc2ccc(O)cc2)NC(=O)[C@@H]2CCCN2C(=O)[C@@H]2CCC(=O)N2)n2cc(c3ccccc32)C[C@@H](C(=O)O)NC(=O)[C@H](CO)NC(=O)CNC1=O. The quantitative estimate of drug-likeness (QED) is 0.104. The highest BCUT2D eigenvalue weighted by Gasteiger charge is 2.41. The number of hydrogen-bond donors (Lipinski definition) is 10. The number of rotatable bonds is 10. The van der Waals surface area contributed by atoms with Crippen LogP contribution in [-0.4, -0.2) is 134 Å². The summed E-state index contributed by atoms with van der Waals surface area (Å²) in [4.78, 5) is 122. The number of fused-ring (bicyclic) bond motifs is 5. The predicted octanol–water partition coefficient (Wildman–Crippen LogP) is -2.18. The Hall–Kier alpha value is -7.03. The molecule has 0 radical (unpaired) electrons. The molecule has 0 saturated carbocycles. The summed E-state index contributed by atoms with van der Waals surface area (Å²) in [6, 6.07) is 4.74. The lowest BCUT2D eigenvalue weighted by Gasteiger charge is -2.30. The number of nitrogens with one attached hydrogen (secondary N) is 7. The van der Waals surface area contributed by atoms with Crippen LogP contribution < -0.4 is 37.2 Å². The molecule has 63 heavy (non-hydrogen) atoms. The first-order valence-corrected chi connectivity index (χ1v) is 20.6. The second kappa shape index (κ2) is 19.8. The van der Waals surface area contributed by atoms with Gasteiger partial charge in [-0.05, 0) is 54.5 Å². The van der Waals surface area contributed by atoms with Crippen LogP contribution >= 0.6 is 0 Å². The van der Waals surface area contributed by atoms with Crippen molar-refractivity contribution in [3.63, 3.8) is 0 Å². The van der Waals surface area contributed by atoms with Crippen LogP contribution in [0.5, 0.6) is 5.75 Å². The van der Waals surface area contributed by atoms with E-state index in [0.29, 0.717) is 28.5 Å². The molecule has 8 amide bonds. The number of benzene rings is 2. The summed E-state index contributed by atoms with van der Waals surface area (Å²) in [5, 5.41) is 48.3. The Bertz CT molecular complexity index is 2280. The van der Waals surface area contributed by atoms with Gasteiger partial charge in [0.15, 0.2) is 6.17 Å². The van der Waals surface area contributed by atoms with Crippen molar-refractivity contribution in [1.82, 2.24) is 46.7 Å². The number of likely N-dealkylation sites (tertiary alicyclic amines) is 1. The van der Waals surface area contributed by atoms with E-state index in [1.807, 2.05) is 0 Å². The third-order valence-corrected chi connectivity index (χ3v) is 11.3. The molecule has 2 aromatic carbocycles. The van der Waals surface area contributed by atoms with Gasteiger partial charge in [0.05, 0.1) is 18.7 Å². The number of aliphatic hydroxyl groups excluding tert-OH is 1. The summed E-state index contributed by atoms with van der Waals surface area (Å²) in [7, 11) is 0. The normalized spacial score (nSPS) is 24.1. The molecule has 0 spiro atoms. The Labute approximate surface area is 360 Å². The number of carboxylic acids is 1. The van der Waals surface area contributed by atoms with Crippen molar-refractivity contribution >= 4 is 64.1 Å². The van der Waals surface area contributed by atoms with Crippen molar-refractivity contribution in [2.45, 2.75) is 94.8 Å². The molecule has 4 heterocycles. The van der Waals surface area contributed by atoms with E-state index in [9.17, 15) is 58.5 Å². The van der Waals surface area contributed by atoms with Crippen molar-refractivity contribution in [2.75, 3.05) is 19.7 Å². The van der Waals surface area contributed by atoms with Gasteiger partial charge in [-0.2, -0.15) is 0 Å². The molecule has 21 nitrogen and oxygen atoms in total. The Balaban J connectivity index is 1.39. The number of phenols is 1. The smallest absolute Gasteiger partial charge is 0.326 e. The summed E-state index contributed by atoms with van der Waals surface area (Å²) in [5.74, 6) is -7.98. The fraction of sp³-hybridized carbons (Fsp3) is 0.452. The maximum atomic E-state index is 14.7. The number of phenolic OH excluding ortho intramolecular Hbond substituents is 1. The molecule has 2 bridgehead atoms. The van der Waals surface area contributed by atoms with Gasteiger partial charge in [-0.1, -0.05) is 44.2 Å². The molecule has 7 atom stereocenters. The first-order valence-electron chi connectivity index (χ1n) is 20.6. The lowest BCUT2D eigenvalue weighted by Crippen LogP contribution is -2.58. The third-order valence-electron chi connectivity index (χ3n) is 11.3. The second-order valence-electron chi connectivity index (χ2n) is 16.1. The van der Waals surface area contributed by atoms with Crippen LogP contribution in [0.1, 0.15) is 56.8 Å². The van der Waals surface area contributed by atoms with E-state index in [-0.39, 0.29) is 50.3 Å². The largest absolute Gasteiger partial charge is 0.508 e. The Morgan fingerprint density at radius 3 is 2.25 bits per heavy atom. The number of hydrogen-bond acceptors (Lipinski definition) is 11. The number of aliphatic carboxylic acids is 1. The zero-order chi connectivity index (χ0) is 45.5. The van der Waals surface area contributed by atoms with E-state index in [2.05, 4.69) is 37.2 Å². The zero-order valence-corrected chi connectivity index (χ0v) is 34.6. The van der Waals surface area contributed by atoms with Crippen LogP contribution in [-0.2, 0) is 56.0 Å². The number of nitrogens with zero attached hydrogens (tertiary/aromatic N) is 2. The zero-order valence-electron chi connectivity index (χ0n) is 34.6. The summed E-state index contributed by atoms with van der Waals surface area (Å²) >= 11 is 0. The van der Waals surface area contributed by atoms with Gasteiger partial charge in [0, 0.05) is 37.4 Å². The van der Waals surface area contributed by atoms with E-state index in [4.69, 9.17) is 0 Å². The van der Waals surface area contributed by atoms with Gasteiger partial charge < -0.3 is 62.0 Å². The van der Waals surface area contributed by atoms with Gasteiger partial charge in [-0.25, -0.2) is 4.79 Å². The molecule has 6 rings (SSSR count). The van der Waals surface area contributed by atoms with Crippen molar-refractivity contribution in [1.29, 1.82) is 0 Å². The van der Waals surface area contributed by atoms with E-state index in [0.717, 1.165) is 0 Å². The van der Waals surface area contributed by atoms with E-state index in [1.54, 1.807) is 38.1 Å². The minimum absolute atomic E-state index is 0.0566. The number of carbonyl (C=O) groups is 9. The van der Waals surface area contributed by atoms with Gasteiger partial charge in [0.2, 0.25) is 41.4 Å². The lowest BCUT2D eigenvalue weighted by atomic mass is 10.0. The minimum atomic E-state index is -1.68. The van der Waals surface area contributed by atoms with Crippen LogP contribution in [0.15, 0.2) is 54.7 Å². The molecule has 2 saturated heterocycles. The van der Waals surface area contributed by atoms with Crippen molar-refractivity contribution in [2.24, 2.45) is 5.92 Å². The third kappa shape index (κ3) is 10.7. The molecule has 21 heteroatoms. The highest BCUT2D eigenvalue weighted by atomic mass is 16.4. The Morgan fingerprint density at radius 1 is 0.857 bits per heavy atom. The molecule has 0 aliphatic carbocycles. The van der Waals surface area contributed by atoms with Crippen molar-refractivity contribution in [3.8, 4) is 5.75 Å². The maximum absolute atomic E-state index is 14.7. The number of amides is 8. The van der Waals surface area contributed by atoms with Crippen molar-refractivity contribution in [3.05, 3.63) is 65.9 Å². The molecular weight excluding hydrogens is 823 g/mol. The highest BCUT2D eigenvalue weighted by Crippen LogP contribution is 2.27. The molecule has 3 aromatic rings. The van der Waals surface area contributed by atoms with Gasteiger partial charge in [0.25, 0.3) is 5.91 Å². The Kier molecular flexibility index (Phi) is 14.3. The van der Waals surface area contributed by atoms with Gasteiger partial charge in [-0.15, -0.1) is 0 Å². The van der Waals surface area contributed by atoms with E-state index < -0.39 is 109 Å². The number of aromatic hydroxyl groups is 1. The topological polar surface area (TPSA) is 307 Å². The lowest BCUT2D eigenvalue weighted by molar-refractivity contribution is -0.142. The molecule has 336 valence electrons. The summed E-state index contributed by atoms with van der Waals surface area (Å²) in [5.41, 5.74) is 1.13. The molecule has 10 N–H and O–H groups in total. The van der Waals surface area contributed by atoms with Crippen LogP contribution in [0.2, 0.25) is 0 Å². The molecule has 2 fully saturated rings. The first-order chi connectivity index (χ1) is 30.0. The number of aromatic nitrogens is 1. The average molecular weight is 874 g/mol. The van der Waals surface area contributed by atoms with Crippen LogP contribution in [0.3, 0.4) is 0 Å². The monoisotopic (exact) mass is 873 g/mol.